The fourth-order valence-electron chi connectivity index (χ4n) is 2.18. The van der Waals surface area contributed by atoms with E-state index in [1.807, 2.05) is 25.1 Å². The van der Waals surface area contributed by atoms with E-state index < -0.39 is 0 Å². The molecule has 1 heterocycles. The molecular formula is C15H24N2O3. The molecule has 1 aliphatic heterocycles. The van der Waals surface area contributed by atoms with Gasteiger partial charge in [0.15, 0.2) is 11.5 Å². The van der Waals surface area contributed by atoms with Gasteiger partial charge < -0.3 is 19.9 Å². The standard InChI is InChI=1S/C15H24N2O3/c1-2-19-15-11-13(12-16)3-4-14(15)20-10-7-17-5-8-18-9-6-17/h3-4,11H,2,5-10,12,16H2,1H3. The minimum atomic E-state index is 0.508. The van der Waals surface area contributed by atoms with E-state index in [9.17, 15) is 0 Å². The summed E-state index contributed by atoms with van der Waals surface area (Å²) in [7, 11) is 0. The van der Waals surface area contributed by atoms with Crippen molar-refractivity contribution in [3.05, 3.63) is 23.8 Å². The van der Waals surface area contributed by atoms with Gasteiger partial charge in [-0.15, -0.1) is 0 Å². The smallest absolute Gasteiger partial charge is 0.161 e. The van der Waals surface area contributed by atoms with Crippen molar-refractivity contribution in [2.24, 2.45) is 5.73 Å². The molecule has 0 amide bonds. The number of nitrogens with zero attached hydrogens (tertiary/aromatic N) is 1. The zero-order chi connectivity index (χ0) is 14.2. The fourth-order valence-corrected chi connectivity index (χ4v) is 2.18. The van der Waals surface area contributed by atoms with Crippen molar-refractivity contribution in [2.45, 2.75) is 13.5 Å². The number of nitrogens with two attached hydrogens (primary N) is 1. The molecular weight excluding hydrogens is 256 g/mol. The van der Waals surface area contributed by atoms with Gasteiger partial charge >= 0.3 is 0 Å². The van der Waals surface area contributed by atoms with E-state index >= 15 is 0 Å². The lowest BCUT2D eigenvalue weighted by atomic mass is 10.2. The molecule has 1 aliphatic rings. The van der Waals surface area contributed by atoms with Crippen LogP contribution in [0.2, 0.25) is 0 Å². The molecule has 1 aromatic carbocycles. The van der Waals surface area contributed by atoms with Crippen LogP contribution < -0.4 is 15.2 Å². The van der Waals surface area contributed by atoms with Gasteiger partial charge in [0.2, 0.25) is 0 Å². The number of benzene rings is 1. The van der Waals surface area contributed by atoms with Crippen LogP contribution in [-0.2, 0) is 11.3 Å². The summed E-state index contributed by atoms with van der Waals surface area (Å²) < 4.78 is 16.8. The second kappa shape index (κ2) is 8.09. The molecule has 5 heteroatoms. The molecule has 1 saturated heterocycles. The highest BCUT2D eigenvalue weighted by Gasteiger charge is 2.11. The Balaban J connectivity index is 1.87. The van der Waals surface area contributed by atoms with E-state index in [0.29, 0.717) is 19.8 Å². The molecule has 0 atom stereocenters. The molecule has 20 heavy (non-hydrogen) atoms. The summed E-state index contributed by atoms with van der Waals surface area (Å²) in [5, 5.41) is 0. The zero-order valence-electron chi connectivity index (χ0n) is 12.1. The first-order valence-corrected chi connectivity index (χ1v) is 7.22. The minimum Gasteiger partial charge on any atom is -0.490 e. The molecule has 1 fully saturated rings. The minimum absolute atomic E-state index is 0.508. The van der Waals surface area contributed by atoms with Crippen LogP contribution in [0.25, 0.3) is 0 Å². The van der Waals surface area contributed by atoms with Gasteiger partial charge in [0.05, 0.1) is 19.8 Å². The van der Waals surface area contributed by atoms with Crippen LogP contribution in [0.3, 0.4) is 0 Å². The van der Waals surface area contributed by atoms with Crippen molar-refractivity contribution in [3.63, 3.8) is 0 Å². The number of morpholine rings is 1. The maximum Gasteiger partial charge on any atom is 0.161 e. The second-order valence-corrected chi connectivity index (χ2v) is 4.72. The number of rotatable bonds is 7. The van der Waals surface area contributed by atoms with E-state index in [0.717, 1.165) is 49.9 Å². The van der Waals surface area contributed by atoms with Crippen LogP contribution in [0.4, 0.5) is 0 Å². The van der Waals surface area contributed by atoms with E-state index in [2.05, 4.69) is 4.90 Å². The first-order chi connectivity index (χ1) is 9.83. The van der Waals surface area contributed by atoms with Crippen LogP contribution in [0.1, 0.15) is 12.5 Å². The van der Waals surface area contributed by atoms with E-state index in [1.54, 1.807) is 0 Å². The molecule has 112 valence electrons. The van der Waals surface area contributed by atoms with Gasteiger partial charge in [-0.3, -0.25) is 4.90 Å². The van der Waals surface area contributed by atoms with Gasteiger partial charge in [-0.05, 0) is 24.6 Å². The maximum absolute atomic E-state index is 5.84. The summed E-state index contributed by atoms with van der Waals surface area (Å²) in [6, 6.07) is 5.87. The molecule has 1 aromatic rings. The molecule has 0 spiro atoms. The summed E-state index contributed by atoms with van der Waals surface area (Å²) in [5.74, 6) is 1.56. The van der Waals surface area contributed by atoms with Crippen LogP contribution in [0, 0.1) is 0 Å². The lowest BCUT2D eigenvalue weighted by molar-refractivity contribution is 0.0321. The Bertz CT molecular complexity index is 406. The Kier molecular flexibility index (Phi) is 6.11. The number of hydrogen-bond acceptors (Lipinski definition) is 5. The Morgan fingerprint density at radius 1 is 1.20 bits per heavy atom. The zero-order valence-corrected chi connectivity index (χ0v) is 12.1. The molecule has 0 radical (unpaired) electrons. The van der Waals surface area contributed by atoms with Crippen LogP contribution in [0.15, 0.2) is 18.2 Å². The van der Waals surface area contributed by atoms with Crippen molar-refractivity contribution >= 4 is 0 Å². The lowest BCUT2D eigenvalue weighted by Gasteiger charge is -2.26. The predicted molar refractivity (Wildman–Crippen MR) is 78.3 cm³/mol. The van der Waals surface area contributed by atoms with Gasteiger partial charge in [-0.2, -0.15) is 0 Å². The Hall–Kier alpha value is -1.30. The summed E-state index contributed by atoms with van der Waals surface area (Å²) in [6.45, 7) is 8.25. The molecule has 5 nitrogen and oxygen atoms in total. The van der Waals surface area contributed by atoms with E-state index in [1.165, 1.54) is 0 Å². The summed E-state index contributed by atoms with van der Waals surface area (Å²) in [4.78, 5) is 2.35. The largest absolute Gasteiger partial charge is 0.490 e. The summed E-state index contributed by atoms with van der Waals surface area (Å²) in [5.41, 5.74) is 6.70. The summed E-state index contributed by atoms with van der Waals surface area (Å²) in [6.07, 6.45) is 0. The van der Waals surface area contributed by atoms with Gasteiger partial charge in [0.1, 0.15) is 6.61 Å². The highest BCUT2D eigenvalue weighted by atomic mass is 16.5. The Morgan fingerprint density at radius 3 is 2.70 bits per heavy atom. The Morgan fingerprint density at radius 2 is 2.00 bits per heavy atom. The Labute approximate surface area is 120 Å². The molecule has 0 aromatic heterocycles. The van der Waals surface area contributed by atoms with Crippen molar-refractivity contribution in [1.29, 1.82) is 0 Å². The molecule has 0 unspecified atom stereocenters. The fraction of sp³-hybridized carbons (Fsp3) is 0.600. The maximum atomic E-state index is 5.84. The van der Waals surface area contributed by atoms with Gasteiger partial charge in [0, 0.05) is 26.2 Å². The molecule has 2 N–H and O–H groups in total. The van der Waals surface area contributed by atoms with Crippen molar-refractivity contribution in [3.8, 4) is 11.5 Å². The monoisotopic (exact) mass is 280 g/mol. The molecule has 0 bridgehead atoms. The van der Waals surface area contributed by atoms with Gasteiger partial charge in [-0.1, -0.05) is 6.07 Å². The third-order valence-corrected chi connectivity index (χ3v) is 3.31. The van der Waals surface area contributed by atoms with E-state index in [4.69, 9.17) is 19.9 Å². The quantitative estimate of drug-likeness (QED) is 0.815. The molecule has 2 rings (SSSR count). The first kappa shape index (κ1) is 15.1. The van der Waals surface area contributed by atoms with Crippen LogP contribution >= 0.6 is 0 Å². The highest BCUT2D eigenvalue weighted by molar-refractivity contribution is 5.43. The van der Waals surface area contributed by atoms with Crippen molar-refractivity contribution < 1.29 is 14.2 Å². The van der Waals surface area contributed by atoms with E-state index in [-0.39, 0.29) is 0 Å². The normalized spacial score (nSPS) is 16.1. The van der Waals surface area contributed by atoms with Gasteiger partial charge in [-0.25, -0.2) is 0 Å². The average molecular weight is 280 g/mol. The molecule has 0 aliphatic carbocycles. The van der Waals surface area contributed by atoms with Crippen molar-refractivity contribution in [1.82, 2.24) is 4.90 Å². The third kappa shape index (κ3) is 4.37. The second-order valence-electron chi connectivity index (χ2n) is 4.72. The molecule has 0 saturated carbocycles. The lowest BCUT2D eigenvalue weighted by Crippen LogP contribution is -2.38. The van der Waals surface area contributed by atoms with Crippen LogP contribution in [-0.4, -0.2) is 51.0 Å². The highest BCUT2D eigenvalue weighted by Crippen LogP contribution is 2.28. The SMILES string of the molecule is CCOc1cc(CN)ccc1OCCN1CCOCC1. The average Bonchev–Trinajstić information content (AvgIpc) is 2.50. The van der Waals surface area contributed by atoms with Gasteiger partial charge in [0.25, 0.3) is 0 Å². The van der Waals surface area contributed by atoms with Crippen LogP contribution in [0.5, 0.6) is 11.5 Å². The topological polar surface area (TPSA) is 57.0 Å². The number of ether oxygens (including phenoxy) is 3. The summed E-state index contributed by atoms with van der Waals surface area (Å²) >= 11 is 0. The first-order valence-electron chi connectivity index (χ1n) is 7.22. The van der Waals surface area contributed by atoms with Crippen molar-refractivity contribution in [2.75, 3.05) is 46.1 Å². The predicted octanol–water partition coefficient (Wildman–Crippen LogP) is 1.25. The third-order valence-electron chi connectivity index (χ3n) is 3.31. The number of hydrogen-bond donors (Lipinski definition) is 1.